The number of carbonyl (C=O) groups is 2. The maximum absolute atomic E-state index is 13.1. The van der Waals surface area contributed by atoms with Gasteiger partial charge in [0.25, 0.3) is 0 Å². The Morgan fingerprint density at radius 1 is 0.755 bits per heavy atom. The van der Waals surface area contributed by atoms with Gasteiger partial charge in [0, 0.05) is 17.1 Å². The Hall–Kier alpha value is -5.99. The number of thioether (sulfide) groups is 2. The predicted molar refractivity (Wildman–Crippen MR) is 203 cm³/mol. The second-order valence-electron chi connectivity index (χ2n) is 11.5. The summed E-state index contributed by atoms with van der Waals surface area (Å²) in [5.74, 6) is 0.918. The minimum atomic E-state index is -0.919. The molecule has 0 aliphatic heterocycles. The first-order chi connectivity index (χ1) is 26.0. The van der Waals surface area contributed by atoms with Gasteiger partial charge >= 0.3 is 11.9 Å². The highest BCUT2D eigenvalue weighted by atomic mass is 32.2. The largest absolute Gasteiger partial charge is 0.493 e. The molecule has 0 aliphatic rings. The van der Waals surface area contributed by atoms with Crippen molar-refractivity contribution in [1.29, 1.82) is 0 Å². The minimum absolute atomic E-state index is 0.0310. The van der Waals surface area contributed by atoms with Gasteiger partial charge < -0.3 is 28.6 Å². The lowest BCUT2D eigenvalue weighted by atomic mass is 10.1. The van der Waals surface area contributed by atoms with Crippen LogP contribution in [0.5, 0.6) is 23.0 Å². The lowest BCUT2D eigenvalue weighted by Gasteiger charge is -2.14. The fourth-order valence-electron chi connectivity index (χ4n) is 5.66. The Morgan fingerprint density at radius 2 is 1.53 bits per heavy atom. The summed E-state index contributed by atoms with van der Waals surface area (Å²) in [4.78, 5) is 28.8. The molecule has 14 heteroatoms. The van der Waals surface area contributed by atoms with Crippen molar-refractivity contribution in [3.63, 3.8) is 0 Å². The SMILES string of the molecule is COc1cc(OC(=O)CSc2nnc(COc3cccc4ccccc34)n2-c2ccccc2)ccc1OCCn1c(SCC(=O)O)nc2ccccc21. The second kappa shape index (κ2) is 16.6. The van der Waals surface area contributed by atoms with E-state index in [1.165, 1.54) is 18.9 Å². The van der Waals surface area contributed by atoms with Crippen molar-refractivity contribution in [2.24, 2.45) is 0 Å². The van der Waals surface area contributed by atoms with E-state index in [2.05, 4.69) is 15.2 Å². The van der Waals surface area contributed by atoms with Crippen molar-refractivity contribution in [3.05, 3.63) is 121 Å². The third kappa shape index (κ3) is 8.40. The summed E-state index contributed by atoms with van der Waals surface area (Å²) < 4.78 is 27.3. The number of fused-ring (bicyclic) bond motifs is 2. The molecule has 0 fully saturated rings. The van der Waals surface area contributed by atoms with Gasteiger partial charge in [-0.05, 0) is 47.9 Å². The van der Waals surface area contributed by atoms with E-state index in [-0.39, 0.29) is 24.7 Å². The molecule has 0 saturated heterocycles. The van der Waals surface area contributed by atoms with Crippen LogP contribution in [0.1, 0.15) is 5.82 Å². The maximum atomic E-state index is 13.1. The number of para-hydroxylation sites is 3. The van der Waals surface area contributed by atoms with Crippen LogP contribution in [0.15, 0.2) is 126 Å². The average molecular weight is 748 g/mol. The summed E-state index contributed by atoms with van der Waals surface area (Å²) in [6.07, 6.45) is 0. The van der Waals surface area contributed by atoms with Crippen LogP contribution < -0.4 is 18.9 Å². The molecule has 268 valence electrons. The van der Waals surface area contributed by atoms with Crippen LogP contribution in [0.25, 0.3) is 27.5 Å². The number of aliphatic carboxylic acids is 1. The number of hydrogen-bond donors (Lipinski definition) is 1. The summed E-state index contributed by atoms with van der Waals surface area (Å²) in [5, 5.41) is 21.2. The summed E-state index contributed by atoms with van der Waals surface area (Å²) in [7, 11) is 1.51. The van der Waals surface area contributed by atoms with Crippen LogP contribution in [0.4, 0.5) is 0 Å². The number of benzene rings is 5. The molecule has 0 amide bonds. The first-order valence-electron chi connectivity index (χ1n) is 16.5. The molecule has 0 unspecified atom stereocenters. The van der Waals surface area contributed by atoms with Gasteiger partial charge in [0.15, 0.2) is 27.6 Å². The number of aromatic nitrogens is 5. The van der Waals surface area contributed by atoms with Gasteiger partial charge in [0.1, 0.15) is 24.7 Å². The quantitative estimate of drug-likeness (QED) is 0.0602. The van der Waals surface area contributed by atoms with Crippen molar-refractivity contribution >= 4 is 57.3 Å². The van der Waals surface area contributed by atoms with Crippen molar-refractivity contribution in [1.82, 2.24) is 24.3 Å². The number of carbonyl (C=O) groups excluding carboxylic acids is 1. The average Bonchev–Trinajstić information content (AvgIpc) is 3.76. The van der Waals surface area contributed by atoms with Gasteiger partial charge in [-0.25, -0.2) is 4.98 Å². The molecule has 0 bridgehead atoms. The molecule has 0 radical (unpaired) electrons. The molecule has 7 rings (SSSR count). The molecule has 1 N–H and O–H groups in total. The van der Waals surface area contributed by atoms with Gasteiger partial charge in [0.05, 0.1) is 36.2 Å². The van der Waals surface area contributed by atoms with Crippen molar-refractivity contribution in [2.45, 2.75) is 23.5 Å². The molecule has 0 spiro atoms. The zero-order valence-corrected chi connectivity index (χ0v) is 30.1. The smallest absolute Gasteiger partial charge is 0.321 e. The first-order valence-corrected chi connectivity index (χ1v) is 18.5. The van der Waals surface area contributed by atoms with Gasteiger partial charge in [-0.3, -0.25) is 14.2 Å². The number of ether oxygens (including phenoxy) is 4. The molecule has 0 aliphatic carbocycles. The van der Waals surface area contributed by atoms with Crippen LogP contribution >= 0.6 is 23.5 Å². The van der Waals surface area contributed by atoms with E-state index in [1.807, 2.05) is 106 Å². The zero-order valence-electron chi connectivity index (χ0n) is 28.5. The van der Waals surface area contributed by atoms with E-state index in [1.54, 1.807) is 18.2 Å². The zero-order chi connectivity index (χ0) is 36.6. The number of carboxylic acids is 1. The predicted octanol–water partition coefficient (Wildman–Crippen LogP) is 7.31. The standard InChI is InChI=1S/C39H33N5O7S2/c1-48-34-22-28(18-19-33(34)49-21-20-43-31-16-8-7-15-30(31)40-38(43)52-24-36(45)46)51-37(47)25-53-39-42-41-35(44(39)27-12-3-2-4-13-27)23-50-32-17-9-11-26-10-5-6-14-29(26)32/h2-19,22H,20-21,23-25H2,1H3,(H,45,46). The van der Waals surface area contributed by atoms with Crippen LogP contribution in [-0.4, -0.2) is 66.6 Å². The Labute approximate surface area is 312 Å². The number of nitrogens with zero attached hydrogens (tertiary/aromatic N) is 5. The van der Waals surface area contributed by atoms with Crippen LogP contribution in [0.3, 0.4) is 0 Å². The normalized spacial score (nSPS) is 11.1. The summed E-state index contributed by atoms with van der Waals surface area (Å²) in [6.45, 7) is 0.841. The van der Waals surface area contributed by atoms with Gasteiger partial charge in [0.2, 0.25) is 0 Å². The molecule has 12 nitrogen and oxygen atoms in total. The number of hydrogen-bond acceptors (Lipinski definition) is 11. The van der Waals surface area contributed by atoms with Crippen LogP contribution in [-0.2, 0) is 22.7 Å². The second-order valence-corrected chi connectivity index (χ2v) is 13.4. The fraction of sp³-hybridized carbons (Fsp3) is 0.154. The highest BCUT2D eigenvalue weighted by Crippen LogP contribution is 2.33. The molecule has 2 heterocycles. The third-order valence-electron chi connectivity index (χ3n) is 8.02. The summed E-state index contributed by atoms with van der Waals surface area (Å²) in [5.41, 5.74) is 2.49. The monoisotopic (exact) mass is 747 g/mol. The number of methoxy groups -OCH3 is 1. The Kier molecular flexibility index (Phi) is 11.1. The summed E-state index contributed by atoms with van der Waals surface area (Å²) >= 11 is 2.36. The van der Waals surface area contributed by atoms with Gasteiger partial charge in [-0.15, -0.1) is 10.2 Å². The van der Waals surface area contributed by atoms with E-state index in [9.17, 15) is 14.7 Å². The lowest BCUT2D eigenvalue weighted by Crippen LogP contribution is -2.13. The van der Waals surface area contributed by atoms with E-state index < -0.39 is 11.9 Å². The molecule has 0 atom stereocenters. The van der Waals surface area contributed by atoms with Crippen molar-refractivity contribution < 1.29 is 33.6 Å². The molecule has 0 saturated carbocycles. The lowest BCUT2D eigenvalue weighted by molar-refractivity contribution is -0.134. The molecule has 53 heavy (non-hydrogen) atoms. The molecule has 2 aromatic heterocycles. The number of esters is 1. The molecule has 5 aromatic carbocycles. The maximum Gasteiger partial charge on any atom is 0.321 e. The topological polar surface area (TPSA) is 140 Å². The first kappa shape index (κ1) is 35.4. The van der Waals surface area contributed by atoms with Crippen molar-refractivity contribution in [3.8, 4) is 28.7 Å². The Bertz CT molecular complexity index is 2380. The van der Waals surface area contributed by atoms with Gasteiger partial charge in [-0.2, -0.15) is 0 Å². The third-order valence-corrected chi connectivity index (χ3v) is 9.89. The minimum Gasteiger partial charge on any atom is -0.493 e. The molecular formula is C39H33N5O7S2. The van der Waals surface area contributed by atoms with E-state index >= 15 is 0 Å². The van der Waals surface area contributed by atoms with Gasteiger partial charge in [-0.1, -0.05) is 90.3 Å². The number of carboxylic acid groups (broad SMARTS) is 1. The Balaban J connectivity index is 0.988. The number of rotatable bonds is 16. The highest BCUT2D eigenvalue weighted by molar-refractivity contribution is 8.00. The van der Waals surface area contributed by atoms with Crippen LogP contribution in [0.2, 0.25) is 0 Å². The van der Waals surface area contributed by atoms with Crippen LogP contribution in [0, 0.1) is 0 Å². The summed E-state index contributed by atoms with van der Waals surface area (Å²) in [6, 6.07) is 36.1. The fourth-order valence-corrected chi connectivity index (χ4v) is 7.16. The van der Waals surface area contributed by atoms with Crippen molar-refractivity contribution in [2.75, 3.05) is 25.2 Å². The number of imidazole rings is 1. The highest BCUT2D eigenvalue weighted by Gasteiger charge is 2.19. The molecule has 7 aromatic rings. The van der Waals surface area contributed by atoms with E-state index in [0.717, 1.165) is 45.0 Å². The van der Waals surface area contributed by atoms with E-state index in [4.69, 9.17) is 18.9 Å². The molecular weight excluding hydrogens is 715 g/mol. The van der Waals surface area contributed by atoms with E-state index in [0.29, 0.717) is 39.9 Å². The Morgan fingerprint density at radius 3 is 2.38 bits per heavy atom.